The Hall–Kier alpha value is -1.62. The first kappa shape index (κ1) is 11.9. The Morgan fingerprint density at radius 2 is 2.12 bits per heavy atom. The molecule has 90 valence electrons. The van der Waals surface area contributed by atoms with Crippen LogP contribution in [-0.4, -0.2) is 16.5 Å². The average Bonchev–Trinajstić information content (AvgIpc) is 2.69. The fraction of sp³-hybridized carbons (Fsp3) is 0.333. The summed E-state index contributed by atoms with van der Waals surface area (Å²) in [5, 5.41) is 6.43. The first-order valence-corrected chi connectivity index (χ1v) is 6.41. The molecule has 0 bridgehead atoms. The SMILES string of the molecule is Cc1ccc(N)c(NCCc2csc(C)n2)n1. The van der Waals surface area contributed by atoms with Crippen LogP contribution in [0.5, 0.6) is 0 Å². The highest BCUT2D eigenvalue weighted by atomic mass is 32.1. The molecule has 0 aromatic carbocycles. The van der Waals surface area contributed by atoms with Gasteiger partial charge in [0.2, 0.25) is 0 Å². The molecule has 3 N–H and O–H groups in total. The number of thiazole rings is 1. The maximum Gasteiger partial charge on any atom is 0.149 e. The van der Waals surface area contributed by atoms with E-state index in [-0.39, 0.29) is 0 Å². The predicted octanol–water partition coefficient (Wildman–Crippen LogP) is 2.39. The number of rotatable bonds is 4. The molecule has 2 aromatic rings. The van der Waals surface area contributed by atoms with E-state index in [1.807, 2.05) is 26.0 Å². The van der Waals surface area contributed by atoms with E-state index < -0.39 is 0 Å². The maximum absolute atomic E-state index is 5.83. The van der Waals surface area contributed by atoms with Crippen molar-refractivity contribution in [3.8, 4) is 0 Å². The quantitative estimate of drug-likeness (QED) is 0.872. The zero-order valence-electron chi connectivity index (χ0n) is 10.0. The number of nitrogens with one attached hydrogen (secondary N) is 1. The van der Waals surface area contributed by atoms with Gasteiger partial charge in [0.25, 0.3) is 0 Å². The van der Waals surface area contributed by atoms with Crippen molar-refractivity contribution < 1.29 is 0 Å². The highest BCUT2D eigenvalue weighted by Gasteiger charge is 2.02. The van der Waals surface area contributed by atoms with Gasteiger partial charge in [0, 0.05) is 24.0 Å². The zero-order valence-corrected chi connectivity index (χ0v) is 10.8. The maximum atomic E-state index is 5.83. The molecule has 0 amide bonds. The molecular formula is C12H16N4S. The van der Waals surface area contributed by atoms with Gasteiger partial charge in [0.05, 0.1) is 16.4 Å². The second kappa shape index (κ2) is 5.14. The summed E-state index contributed by atoms with van der Waals surface area (Å²) in [7, 11) is 0. The van der Waals surface area contributed by atoms with Crippen LogP contribution in [0.2, 0.25) is 0 Å². The summed E-state index contributed by atoms with van der Waals surface area (Å²) in [6.07, 6.45) is 0.888. The van der Waals surface area contributed by atoms with Crippen molar-refractivity contribution in [3.63, 3.8) is 0 Å². The van der Waals surface area contributed by atoms with Gasteiger partial charge < -0.3 is 11.1 Å². The number of nitrogens with two attached hydrogens (primary N) is 1. The minimum atomic E-state index is 0.685. The minimum absolute atomic E-state index is 0.685. The molecule has 2 heterocycles. The molecule has 0 saturated heterocycles. The van der Waals surface area contributed by atoms with E-state index in [0.29, 0.717) is 5.69 Å². The number of nitrogens with zero attached hydrogens (tertiary/aromatic N) is 2. The van der Waals surface area contributed by atoms with Gasteiger partial charge in [-0.15, -0.1) is 11.3 Å². The molecular weight excluding hydrogens is 232 g/mol. The van der Waals surface area contributed by atoms with Gasteiger partial charge >= 0.3 is 0 Å². The van der Waals surface area contributed by atoms with Crippen LogP contribution in [-0.2, 0) is 6.42 Å². The van der Waals surface area contributed by atoms with E-state index in [1.165, 1.54) is 0 Å². The average molecular weight is 248 g/mol. The molecule has 0 radical (unpaired) electrons. The number of pyridine rings is 1. The van der Waals surface area contributed by atoms with Gasteiger partial charge in [-0.1, -0.05) is 0 Å². The fourth-order valence-electron chi connectivity index (χ4n) is 1.54. The Morgan fingerprint density at radius 3 is 2.82 bits per heavy atom. The lowest BCUT2D eigenvalue weighted by Gasteiger charge is -2.08. The first-order chi connectivity index (χ1) is 8.15. The van der Waals surface area contributed by atoms with Crippen molar-refractivity contribution in [3.05, 3.63) is 33.9 Å². The van der Waals surface area contributed by atoms with Crippen LogP contribution >= 0.6 is 11.3 Å². The number of anilines is 2. The zero-order chi connectivity index (χ0) is 12.3. The molecule has 0 unspecified atom stereocenters. The summed E-state index contributed by atoms with van der Waals surface area (Å²) < 4.78 is 0. The number of aromatic nitrogens is 2. The van der Waals surface area contributed by atoms with Crippen LogP contribution in [0.15, 0.2) is 17.5 Å². The number of hydrogen-bond acceptors (Lipinski definition) is 5. The highest BCUT2D eigenvalue weighted by Crippen LogP contribution is 2.15. The van der Waals surface area contributed by atoms with Crippen LogP contribution in [0.3, 0.4) is 0 Å². The minimum Gasteiger partial charge on any atom is -0.396 e. The van der Waals surface area contributed by atoms with Gasteiger partial charge in [0.15, 0.2) is 0 Å². The van der Waals surface area contributed by atoms with Crippen molar-refractivity contribution in [2.45, 2.75) is 20.3 Å². The molecule has 2 aromatic heterocycles. The molecule has 0 saturated carbocycles. The Balaban J connectivity index is 1.91. The molecule has 2 rings (SSSR count). The third-order valence-corrected chi connectivity index (χ3v) is 3.23. The lowest BCUT2D eigenvalue weighted by atomic mass is 10.3. The van der Waals surface area contributed by atoms with E-state index >= 15 is 0 Å². The second-order valence-corrected chi connectivity index (χ2v) is 4.99. The van der Waals surface area contributed by atoms with Crippen LogP contribution in [0.1, 0.15) is 16.4 Å². The third kappa shape index (κ3) is 3.17. The molecule has 4 nitrogen and oxygen atoms in total. The Kier molecular flexibility index (Phi) is 3.58. The van der Waals surface area contributed by atoms with E-state index in [0.717, 1.165) is 35.2 Å². The summed E-state index contributed by atoms with van der Waals surface area (Å²) in [6, 6.07) is 3.78. The van der Waals surface area contributed by atoms with Gasteiger partial charge in [-0.3, -0.25) is 0 Å². The van der Waals surface area contributed by atoms with E-state index in [1.54, 1.807) is 11.3 Å². The van der Waals surface area contributed by atoms with Gasteiger partial charge in [-0.2, -0.15) is 0 Å². The Morgan fingerprint density at radius 1 is 1.29 bits per heavy atom. The topological polar surface area (TPSA) is 63.8 Å². The van der Waals surface area contributed by atoms with Crippen molar-refractivity contribution >= 4 is 22.8 Å². The summed E-state index contributed by atoms with van der Waals surface area (Å²) in [6.45, 7) is 4.76. The molecule has 17 heavy (non-hydrogen) atoms. The fourth-order valence-corrected chi connectivity index (χ4v) is 2.19. The highest BCUT2D eigenvalue weighted by molar-refractivity contribution is 7.09. The van der Waals surface area contributed by atoms with E-state index in [9.17, 15) is 0 Å². The summed E-state index contributed by atoms with van der Waals surface area (Å²) in [5.74, 6) is 0.761. The molecule has 5 heteroatoms. The number of hydrogen-bond donors (Lipinski definition) is 2. The van der Waals surface area contributed by atoms with Crippen LogP contribution in [0.25, 0.3) is 0 Å². The summed E-state index contributed by atoms with van der Waals surface area (Å²) in [4.78, 5) is 8.76. The third-order valence-electron chi connectivity index (χ3n) is 2.41. The first-order valence-electron chi connectivity index (χ1n) is 5.53. The van der Waals surface area contributed by atoms with Crippen LogP contribution in [0, 0.1) is 13.8 Å². The van der Waals surface area contributed by atoms with Crippen LogP contribution < -0.4 is 11.1 Å². The standard InChI is InChI=1S/C12H16N4S/c1-8-3-4-11(13)12(15-8)14-6-5-10-7-17-9(2)16-10/h3-4,7H,5-6,13H2,1-2H3,(H,14,15). The number of nitrogen functional groups attached to an aromatic ring is 1. The summed E-state index contributed by atoms with van der Waals surface area (Å²) >= 11 is 1.68. The second-order valence-electron chi connectivity index (χ2n) is 3.93. The Labute approximate surface area is 105 Å². The van der Waals surface area contributed by atoms with Gasteiger partial charge in [0.1, 0.15) is 5.82 Å². The molecule has 0 fully saturated rings. The van der Waals surface area contributed by atoms with Crippen molar-refractivity contribution in [1.29, 1.82) is 0 Å². The normalized spacial score (nSPS) is 10.5. The summed E-state index contributed by atoms with van der Waals surface area (Å²) in [5.41, 5.74) is 8.60. The molecule has 0 aliphatic carbocycles. The lowest BCUT2D eigenvalue weighted by Crippen LogP contribution is -2.09. The molecule has 0 aliphatic rings. The van der Waals surface area contributed by atoms with Crippen molar-refractivity contribution in [2.75, 3.05) is 17.6 Å². The van der Waals surface area contributed by atoms with E-state index in [2.05, 4.69) is 20.7 Å². The molecule has 0 atom stereocenters. The van der Waals surface area contributed by atoms with Gasteiger partial charge in [-0.05, 0) is 26.0 Å². The van der Waals surface area contributed by atoms with Crippen molar-refractivity contribution in [2.24, 2.45) is 0 Å². The Bertz CT molecular complexity index is 507. The monoisotopic (exact) mass is 248 g/mol. The van der Waals surface area contributed by atoms with Gasteiger partial charge in [-0.25, -0.2) is 9.97 Å². The molecule has 0 aliphatic heterocycles. The van der Waals surface area contributed by atoms with E-state index in [4.69, 9.17) is 5.73 Å². The van der Waals surface area contributed by atoms with Crippen molar-refractivity contribution in [1.82, 2.24) is 9.97 Å². The smallest absolute Gasteiger partial charge is 0.149 e. The van der Waals surface area contributed by atoms with Crippen LogP contribution in [0.4, 0.5) is 11.5 Å². The molecule has 0 spiro atoms. The number of aryl methyl sites for hydroxylation is 2. The predicted molar refractivity (Wildman–Crippen MR) is 72.4 cm³/mol. The largest absolute Gasteiger partial charge is 0.396 e. The lowest BCUT2D eigenvalue weighted by molar-refractivity contribution is 0.958.